The summed E-state index contributed by atoms with van der Waals surface area (Å²) in [7, 11) is 0. The number of carbonyl (C=O) groups excluding carboxylic acids is 1. The van der Waals surface area contributed by atoms with Crippen LogP contribution < -0.4 is 5.32 Å². The number of anilines is 1. The van der Waals surface area contributed by atoms with Crippen molar-refractivity contribution in [1.82, 2.24) is 4.57 Å². The molecular weight excluding hydrogens is 415 g/mol. The second kappa shape index (κ2) is 8.75. The molecule has 0 aliphatic carbocycles. The molecule has 0 unspecified atom stereocenters. The van der Waals surface area contributed by atoms with Crippen molar-refractivity contribution < 1.29 is 18.0 Å². The Balaban J connectivity index is 2.00. The van der Waals surface area contributed by atoms with Gasteiger partial charge < -0.3 is 9.88 Å². The molecule has 1 N–H and O–H groups in total. The largest absolute Gasteiger partial charge is 0.418 e. The summed E-state index contributed by atoms with van der Waals surface area (Å²) in [6.07, 6.45) is -3.12. The van der Waals surface area contributed by atoms with Crippen molar-refractivity contribution >= 4 is 17.7 Å². The molecule has 3 rings (SSSR count). The standard InChI is InChI=1S/C25H22F3N3O/c1-15-9-10-21(11-16(15)2)30-24(32)20(14-29)13-19-12-17(3)31(18(19)4)23-8-6-5-7-22(23)25(26,27)28/h5-13H,1-4H3,(H,30,32)/b20-13-. The average molecular weight is 437 g/mol. The number of nitrogens with one attached hydrogen (secondary N) is 1. The van der Waals surface area contributed by atoms with E-state index in [1.54, 1.807) is 26.0 Å². The lowest BCUT2D eigenvalue weighted by Crippen LogP contribution is -2.14. The van der Waals surface area contributed by atoms with Gasteiger partial charge in [-0.1, -0.05) is 18.2 Å². The van der Waals surface area contributed by atoms with Gasteiger partial charge in [-0.2, -0.15) is 18.4 Å². The van der Waals surface area contributed by atoms with Crippen molar-refractivity contribution in [3.05, 3.63) is 87.7 Å². The molecule has 32 heavy (non-hydrogen) atoms. The summed E-state index contributed by atoms with van der Waals surface area (Å²) in [5.41, 5.74) is 3.26. The zero-order chi connectivity index (χ0) is 23.6. The minimum Gasteiger partial charge on any atom is -0.321 e. The number of aryl methyl sites for hydroxylation is 3. The summed E-state index contributed by atoms with van der Waals surface area (Å²) in [5, 5.41) is 12.2. The molecule has 3 aromatic rings. The molecule has 1 amide bonds. The fourth-order valence-electron chi connectivity index (χ4n) is 3.53. The third-order valence-corrected chi connectivity index (χ3v) is 5.35. The first kappa shape index (κ1) is 22.9. The number of nitriles is 1. The van der Waals surface area contributed by atoms with Gasteiger partial charge in [-0.25, -0.2) is 0 Å². The van der Waals surface area contributed by atoms with Crippen LogP contribution in [-0.2, 0) is 11.0 Å². The Hall–Kier alpha value is -3.79. The molecule has 4 nitrogen and oxygen atoms in total. The summed E-state index contributed by atoms with van der Waals surface area (Å²) in [6.45, 7) is 7.20. The van der Waals surface area contributed by atoms with E-state index in [4.69, 9.17) is 0 Å². The number of amides is 1. The zero-order valence-corrected chi connectivity index (χ0v) is 18.1. The summed E-state index contributed by atoms with van der Waals surface area (Å²) in [4.78, 5) is 12.6. The van der Waals surface area contributed by atoms with Gasteiger partial charge in [0.05, 0.1) is 11.3 Å². The number of nitrogens with zero attached hydrogens (tertiary/aromatic N) is 2. The first-order valence-corrected chi connectivity index (χ1v) is 9.89. The van der Waals surface area contributed by atoms with Gasteiger partial charge in [0, 0.05) is 17.1 Å². The number of halogens is 3. The quantitative estimate of drug-likeness (QED) is 0.386. The summed E-state index contributed by atoms with van der Waals surface area (Å²) >= 11 is 0. The monoisotopic (exact) mass is 437 g/mol. The van der Waals surface area contributed by atoms with Gasteiger partial charge in [-0.3, -0.25) is 4.79 Å². The second-order valence-corrected chi connectivity index (χ2v) is 7.60. The average Bonchev–Trinajstić information content (AvgIpc) is 3.01. The van der Waals surface area contributed by atoms with E-state index < -0.39 is 17.6 Å². The van der Waals surface area contributed by atoms with E-state index in [1.807, 2.05) is 32.0 Å². The molecule has 2 aromatic carbocycles. The van der Waals surface area contributed by atoms with Gasteiger partial charge in [0.1, 0.15) is 11.6 Å². The lowest BCUT2D eigenvalue weighted by Gasteiger charge is -2.16. The molecule has 0 fully saturated rings. The highest BCUT2D eigenvalue weighted by molar-refractivity contribution is 6.09. The van der Waals surface area contributed by atoms with Crippen LogP contribution in [0.4, 0.5) is 18.9 Å². The van der Waals surface area contributed by atoms with E-state index in [2.05, 4.69) is 5.32 Å². The Morgan fingerprint density at radius 2 is 1.72 bits per heavy atom. The molecule has 1 aromatic heterocycles. The number of hydrogen-bond donors (Lipinski definition) is 1. The van der Waals surface area contributed by atoms with E-state index in [0.29, 0.717) is 22.6 Å². The minimum absolute atomic E-state index is 0.00672. The maximum absolute atomic E-state index is 13.5. The van der Waals surface area contributed by atoms with Crippen molar-refractivity contribution in [2.45, 2.75) is 33.9 Å². The third-order valence-electron chi connectivity index (χ3n) is 5.35. The SMILES string of the molecule is Cc1ccc(NC(=O)/C(C#N)=C\c2cc(C)n(-c3ccccc3C(F)(F)F)c2C)cc1C. The van der Waals surface area contributed by atoms with Crippen LogP contribution in [0.1, 0.15) is 33.6 Å². The van der Waals surface area contributed by atoms with E-state index >= 15 is 0 Å². The summed E-state index contributed by atoms with van der Waals surface area (Å²) < 4.78 is 42.0. The molecule has 164 valence electrons. The van der Waals surface area contributed by atoms with Crippen LogP contribution in [-0.4, -0.2) is 10.5 Å². The highest BCUT2D eigenvalue weighted by Gasteiger charge is 2.34. The van der Waals surface area contributed by atoms with E-state index in [0.717, 1.165) is 17.2 Å². The maximum atomic E-state index is 13.5. The molecule has 0 saturated heterocycles. The van der Waals surface area contributed by atoms with Crippen molar-refractivity contribution in [3.63, 3.8) is 0 Å². The molecule has 0 aliphatic heterocycles. The maximum Gasteiger partial charge on any atom is 0.418 e. The van der Waals surface area contributed by atoms with Crippen molar-refractivity contribution in [2.24, 2.45) is 0 Å². The van der Waals surface area contributed by atoms with Gasteiger partial charge in [0.15, 0.2) is 0 Å². The van der Waals surface area contributed by atoms with Gasteiger partial charge in [-0.05, 0) is 80.8 Å². The van der Waals surface area contributed by atoms with E-state index in [-0.39, 0.29) is 11.3 Å². The van der Waals surface area contributed by atoms with Crippen LogP contribution >= 0.6 is 0 Å². The molecule has 0 radical (unpaired) electrons. The fraction of sp³-hybridized carbons (Fsp3) is 0.200. The normalized spacial score (nSPS) is 11.9. The molecule has 0 atom stereocenters. The van der Waals surface area contributed by atoms with Gasteiger partial charge in [0.25, 0.3) is 5.91 Å². The predicted octanol–water partition coefficient (Wildman–Crippen LogP) is 6.28. The zero-order valence-electron chi connectivity index (χ0n) is 18.1. The first-order valence-electron chi connectivity index (χ1n) is 9.89. The summed E-state index contributed by atoms with van der Waals surface area (Å²) in [6, 6.07) is 14.3. The molecule has 0 saturated carbocycles. The van der Waals surface area contributed by atoms with Gasteiger partial charge in [0.2, 0.25) is 0 Å². The highest BCUT2D eigenvalue weighted by Crippen LogP contribution is 2.35. The molecule has 7 heteroatoms. The van der Waals surface area contributed by atoms with Crippen LogP contribution in [0, 0.1) is 39.0 Å². The summed E-state index contributed by atoms with van der Waals surface area (Å²) in [5.74, 6) is -0.587. The Bertz CT molecular complexity index is 1260. The number of para-hydroxylation sites is 1. The molecule has 1 heterocycles. The van der Waals surface area contributed by atoms with Gasteiger partial charge in [-0.15, -0.1) is 0 Å². The van der Waals surface area contributed by atoms with Crippen LogP contribution in [0.2, 0.25) is 0 Å². The van der Waals surface area contributed by atoms with Crippen LogP contribution in [0.25, 0.3) is 11.8 Å². The van der Waals surface area contributed by atoms with Crippen molar-refractivity contribution in [3.8, 4) is 11.8 Å². The third kappa shape index (κ3) is 4.59. The predicted molar refractivity (Wildman–Crippen MR) is 118 cm³/mol. The smallest absolute Gasteiger partial charge is 0.321 e. The Morgan fingerprint density at radius 3 is 2.34 bits per heavy atom. The number of rotatable bonds is 4. The Morgan fingerprint density at radius 1 is 1.03 bits per heavy atom. The Labute approximate surface area is 184 Å². The van der Waals surface area contributed by atoms with Crippen molar-refractivity contribution in [2.75, 3.05) is 5.32 Å². The minimum atomic E-state index is -4.51. The second-order valence-electron chi connectivity index (χ2n) is 7.60. The number of hydrogen-bond acceptors (Lipinski definition) is 2. The number of aromatic nitrogens is 1. The molecular formula is C25H22F3N3O. The van der Waals surface area contributed by atoms with Crippen LogP contribution in [0.15, 0.2) is 54.1 Å². The topological polar surface area (TPSA) is 57.8 Å². The van der Waals surface area contributed by atoms with Crippen molar-refractivity contribution in [1.29, 1.82) is 5.26 Å². The lowest BCUT2D eigenvalue weighted by atomic mass is 10.1. The Kier molecular flexibility index (Phi) is 6.26. The van der Waals surface area contributed by atoms with E-state index in [1.165, 1.54) is 28.8 Å². The fourth-order valence-corrected chi connectivity index (χ4v) is 3.53. The van der Waals surface area contributed by atoms with Crippen LogP contribution in [0.5, 0.6) is 0 Å². The molecule has 0 bridgehead atoms. The van der Waals surface area contributed by atoms with Crippen LogP contribution in [0.3, 0.4) is 0 Å². The van der Waals surface area contributed by atoms with E-state index in [9.17, 15) is 23.2 Å². The molecule has 0 spiro atoms. The lowest BCUT2D eigenvalue weighted by molar-refractivity contribution is -0.137. The number of carbonyl (C=O) groups is 1. The van der Waals surface area contributed by atoms with Gasteiger partial charge >= 0.3 is 6.18 Å². The number of benzene rings is 2. The molecule has 0 aliphatic rings. The number of alkyl halides is 3. The highest BCUT2D eigenvalue weighted by atomic mass is 19.4. The first-order chi connectivity index (χ1) is 15.0.